The normalized spacial score (nSPS) is 11.2. The minimum absolute atomic E-state index is 0.395. The number of halogens is 1. The maximum Gasteiger partial charge on any atom is 0.222 e. The number of hydrogen-bond donors (Lipinski definition) is 3. The third kappa shape index (κ3) is 1.85. The number of aryl methyl sites for hydroxylation is 2. The number of fused-ring (bicyclic) bond motifs is 1. The maximum absolute atomic E-state index is 10.7. The number of nitrogens with one attached hydrogen (secondary N) is 2. The Hall–Kier alpha value is -1.27. The Kier molecular flexibility index (Phi) is 2.77. The lowest BCUT2D eigenvalue weighted by Crippen LogP contribution is -1.96. The van der Waals surface area contributed by atoms with Crippen molar-refractivity contribution in [1.82, 2.24) is 9.97 Å². The van der Waals surface area contributed by atoms with Gasteiger partial charge in [0.1, 0.15) is 11.3 Å². The van der Waals surface area contributed by atoms with Crippen LogP contribution in [0.3, 0.4) is 0 Å². The van der Waals surface area contributed by atoms with Crippen molar-refractivity contribution < 1.29 is 8.42 Å². The molecule has 16 heavy (non-hydrogen) atoms. The monoisotopic (exact) mass is 259 g/mol. The number of anilines is 1. The molecule has 86 valence electrons. The summed E-state index contributed by atoms with van der Waals surface area (Å²) < 4.78 is 23.6. The van der Waals surface area contributed by atoms with E-state index in [1.165, 1.54) is 0 Å². The summed E-state index contributed by atoms with van der Waals surface area (Å²) >= 11 is 6.00. The highest BCUT2D eigenvalue weighted by Gasteiger charge is 2.11. The third-order valence-corrected chi connectivity index (χ3v) is 3.11. The lowest BCUT2D eigenvalue weighted by Gasteiger charge is -2.04. The van der Waals surface area contributed by atoms with Gasteiger partial charge in [0.2, 0.25) is 10.9 Å². The topological polar surface area (TPSA) is 74.8 Å². The van der Waals surface area contributed by atoms with Crippen LogP contribution in [0.25, 0.3) is 11.0 Å². The summed E-state index contributed by atoms with van der Waals surface area (Å²) in [6.07, 6.45) is 0. The lowest BCUT2D eigenvalue weighted by molar-refractivity contribution is 0.619. The van der Waals surface area contributed by atoms with Crippen molar-refractivity contribution >= 4 is 39.2 Å². The molecule has 0 spiro atoms. The van der Waals surface area contributed by atoms with Crippen LogP contribution in [-0.4, -0.2) is 18.4 Å². The van der Waals surface area contributed by atoms with Crippen LogP contribution >= 0.6 is 11.6 Å². The Balaban J connectivity index is 2.78. The molecule has 0 atom stereocenters. The summed E-state index contributed by atoms with van der Waals surface area (Å²) in [7, 11) is -2.73. The molecule has 0 radical (unpaired) electrons. The SMILES string of the molecule is Cc1nc2c(N[SH](=O)=O)cc(Cl)c(C)c2[nH]1. The highest BCUT2D eigenvalue weighted by Crippen LogP contribution is 2.30. The molecule has 0 saturated heterocycles. The zero-order valence-corrected chi connectivity index (χ0v) is 10.3. The van der Waals surface area contributed by atoms with Crippen molar-refractivity contribution in [2.75, 3.05) is 4.72 Å². The molecule has 1 aromatic carbocycles. The van der Waals surface area contributed by atoms with E-state index in [4.69, 9.17) is 11.6 Å². The van der Waals surface area contributed by atoms with Gasteiger partial charge in [-0.1, -0.05) is 11.6 Å². The second-order valence-electron chi connectivity index (χ2n) is 3.45. The summed E-state index contributed by atoms with van der Waals surface area (Å²) in [6.45, 7) is 3.65. The van der Waals surface area contributed by atoms with E-state index in [-0.39, 0.29) is 0 Å². The van der Waals surface area contributed by atoms with Gasteiger partial charge in [-0.15, -0.1) is 0 Å². The highest BCUT2D eigenvalue weighted by molar-refractivity contribution is 7.73. The van der Waals surface area contributed by atoms with Gasteiger partial charge >= 0.3 is 0 Å². The van der Waals surface area contributed by atoms with Crippen molar-refractivity contribution in [3.05, 3.63) is 22.5 Å². The molecule has 0 amide bonds. The maximum atomic E-state index is 10.7. The second-order valence-corrected chi connectivity index (χ2v) is 4.59. The van der Waals surface area contributed by atoms with Gasteiger partial charge in [-0.25, -0.2) is 13.4 Å². The summed E-state index contributed by atoms with van der Waals surface area (Å²) in [5.74, 6) is 0.713. The Labute approximate surface area is 98.9 Å². The van der Waals surface area contributed by atoms with Crippen LogP contribution in [0.15, 0.2) is 6.07 Å². The predicted octanol–water partition coefficient (Wildman–Crippen LogP) is 1.77. The third-order valence-electron chi connectivity index (χ3n) is 2.29. The first-order valence-corrected chi connectivity index (χ1v) is 6.11. The van der Waals surface area contributed by atoms with Crippen LogP contribution in [0, 0.1) is 13.8 Å². The molecule has 0 aliphatic rings. The first-order chi connectivity index (χ1) is 7.49. The summed E-state index contributed by atoms with van der Waals surface area (Å²) in [6, 6.07) is 1.56. The van der Waals surface area contributed by atoms with E-state index >= 15 is 0 Å². The van der Waals surface area contributed by atoms with Crippen LogP contribution in [-0.2, 0) is 10.9 Å². The van der Waals surface area contributed by atoms with Gasteiger partial charge in [-0.3, -0.25) is 4.72 Å². The van der Waals surface area contributed by atoms with E-state index in [1.54, 1.807) is 13.0 Å². The average Bonchev–Trinajstić information content (AvgIpc) is 2.56. The largest absolute Gasteiger partial charge is 0.342 e. The Morgan fingerprint density at radius 1 is 1.44 bits per heavy atom. The van der Waals surface area contributed by atoms with Crippen LogP contribution in [0.1, 0.15) is 11.4 Å². The van der Waals surface area contributed by atoms with Gasteiger partial charge in [0, 0.05) is 5.02 Å². The Bertz CT molecular complexity index is 625. The van der Waals surface area contributed by atoms with E-state index in [0.717, 1.165) is 11.1 Å². The van der Waals surface area contributed by atoms with Crippen LogP contribution in [0.5, 0.6) is 0 Å². The van der Waals surface area contributed by atoms with E-state index < -0.39 is 10.9 Å². The first-order valence-electron chi connectivity index (χ1n) is 4.55. The van der Waals surface area contributed by atoms with E-state index in [9.17, 15) is 8.42 Å². The van der Waals surface area contributed by atoms with Crippen LogP contribution in [0.4, 0.5) is 5.69 Å². The first kappa shape index (κ1) is 11.2. The standard InChI is InChI=1S/C9H10ClN3O2S/c1-4-6(10)3-7(13-16(14)15)9-8(4)11-5(2)12-9/h3,16H,1-2H3,(H,11,12)(H,13,14,15). The predicted molar refractivity (Wildman–Crippen MR) is 64.5 cm³/mol. The average molecular weight is 260 g/mol. The van der Waals surface area contributed by atoms with Gasteiger partial charge in [-0.2, -0.15) is 0 Å². The summed E-state index contributed by atoms with van der Waals surface area (Å²) in [5.41, 5.74) is 2.58. The minimum atomic E-state index is -2.73. The number of thiol groups is 1. The fraction of sp³-hybridized carbons (Fsp3) is 0.222. The fourth-order valence-corrected chi connectivity index (χ4v) is 2.13. The molecule has 0 bridgehead atoms. The fourth-order valence-electron chi connectivity index (χ4n) is 1.56. The second kappa shape index (κ2) is 3.95. The van der Waals surface area contributed by atoms with Gasteiger partial charge in [0.25, 0.3) is 0 Å². The molecule has 0 unspecified atom stereocenters. The molecule has 1 aromatic heterocycles. The number of hydrogen-bond acceptors (Lipinski definition) is 3. The highest BCUT2D eigenvalue weighted by atomic mass is 35.5. The number of benzene rings is 1. The molecule has 0 aliphatic carbocycles. The Morgan fingerprint density at radius 2 is 2.12 bits per heavy atom. The van der Waals surface area contributed by atoms with E-state index in [1.807, 2.05) is 6.92 Å². The molecule has 2 rings (SSSR count). The smallest absolute Gasteiger partial charge is 0.222 e. The van der Waals surface area contributed by atoms with Crippen molar-refractivity contribution in [2.24, 2.45) is 0 Å². The summed E-state index contributed by atoms with van der Waals surface area (Å²) in [4.78, 5) is 7.27. The molecular formula is C9H10ClN3O2S. The van der Waals surface area contributed by atoms with E-state index in [2.05, 4.69) is 14.7 Å². The molecule has 0 saturated carbocycles. The number of nitrogens with zero attached hydrogens (tertiary/aromatic N) is 1. The number of imidazole rings is 1. The van der Waals surface area contributed by atoms with Crippen molar-refractivity contribution in [3.63, 3.8) is 0 Å². The van der Waals surface area contributed by atoms with E-state index in [0.29, 0.717) is 22.1 Å². The quantitative estimate of drug-likeness (QED) is 0.720. The number of H-pyrrole nitrogens is 1. The Morgan fingerprint density at radius 3 is 2.75 bits per heavy atom. The minimum Gasteiger partial charge on any atom is -0.342 e. The summed E-state index contributed by atoms with van der Waals surface area (Å²) in [5, 5.41) is 0.496. The number of aromatic amines is 1. The number of rotatable bonds is 2. The molecule has 7 heteroatoms. The van der Waals surface area contributed by atoms with Gasteiger partial charge in [0.15, 0.2) is 0 Å². The molecule has 0 fully saturated rings. The van der Waals surface area contributed by atoms with Crippen molar-refractivity contribution in [1.29, 1.82) is 0 Å². The van der Waals surface area contributed by atoms with Gasteiger partial charge in [-0.05, 0) is 25.5 Å². The molecule has 5 nitrogen and oxygen atoms in total. The molecule has 1 heterocycles. The van der Waals surface area contributed by atoms with Gasteiger partial charge < -0.3 is 4.98 Å². The van der Waals surface area contributed by atoms with Crippen LogP contribution < -0.4 is 4.72 Å². The molecular weight excluding hydrogens is 250 g/mol. The lowest BCUT2D eigenvalue weighted by atomic mass is 10.2. The zero-order valence-electron chi connectivity index (χ0n) is 8.67. The number of aromatic nitrogens is 2. The van der Waals surface area contributed by atoms with Crippen molar-refractivity contribution in [3.8, 4) is 0 Å². The van der Waals surface area contributed by atoms with Crippen LogP contribution in [0.2, 0.25) is 5.02 Å². The molecule has 2 N–H and O–H groups in total. The molecule has 2 aromatic rings. The van der Waals surface area contributed by atoms with Crippen molar-refractivity contribution in [2.45, 2.75) is 13.8 Å². The molecule has 0 aliphatic heterocycles. The van der Waals surface area contributed by atoms with Gasteiger partial charge in [0.05, 0.1) is 11.2 Å². The zero-order chi connectivity index (χ0) is 11.9.